The smallest absolute Gasteiger partial charge is 0.241 e. The van der Waals surface area contributed by atoms with Crippen molar-refractivity contribution in [2.24, 2.45) is 5.73 Å². The van der Waals surface area contributed by atoms with Crippen LogP contribution in [0.5, 0.6) is 11.5 Å². The molecule has 0 aliphatic carbocycles. The zero-order chi connectivity index (χ0) is 21.5. The van der Waals surface area contributed by atoms with Crippen LogP contribution in [0.25, 0.3) is 0 Å². The van der Waals surface area contributed by atoms with E-state index >= 15 is 0 Å². The highest BCUT2D eigenvalue weighted by Crippen LogP contribution is 2.22. The highest BCUT2D eigenvalue weighted by atomic mass is 16.5. The normalized spacial score (nSPS) is 14.4. The zero-order valence-electron chi connectivity index (χ0n) is 17.2. The molecule has 0 unspecified atom stereocenters. The van der Waals surface area contributed by atoms with E-state index in [2.05, 4.69) is 9.80 Å². The fourth-order valence-electron chi connectivity index (χ4n) is 3.49. The molecule has 0 spiro atoms. The molecular formula is C22H28N4O4. The van der Waals surface area contributed by atoms with Crippen molar-refractivity contribution in [3.63, 3.8) is 0 Å². The number of benzene rings is 2. The second-order valence-corrected chi connectivity index (χ2v) is 7.24. The zero-order valence-corrected chi connectivity index (χ0v) is 17.2. The van der Waals surface area contributed by atoms with Crippen molar-refractivity contribution in [3.05, 3.63) is 48.5 Å². The number of carbonyl (C=O) groups excluding carboxylic acids is 2. The summed E-state index contributed by atoms with van der Waals surface area (Å²) in [5.74, 6) is 0.437. The van der Waals surface area contributed by atoms with Crippen LogP contribution in [0.15, 0.2) is 48.5 Å². The molecule has 0 atom stereocenters. The molecule has 8 heteroatoms. The second-order valence-electron chi connectivity index (χ2n) is 7.24. The number of amides is 2. The summed E-state index contributed by atoms with van der Waals surface area (Å²) >= 11 is 0. The Balaban J connectivity index is 1.60. The van der Waals surface area contributed by atoms with Crippen molar-refractivity contribution >= 4 is 23.2 Å². The van der Waals surface area contributed by atoms with Gasteiger partial charge in [0, 0.05) is 50.5 Å². The molecule has 0 aromatic heterocycles. The van der Waals surface area contributed by atoms with Gasteiger partial charge in [-0.3, -0.25) is 14.5 Å². The molecule has 160 valence electrons. The van der Waals surface area contributed by atoms with Gasteiger partial charge in [-0.2, -0.15) is 0 Å². The average molecular weight is 412 g/mol. The number of hydrogen-bond donors (Lipinski definition) is 2. The molecule has 2 aromatic carbocycles. The van der Waals surface area contributed by atoms with Gasteiger partial charge in [0.1, 0.15) is 11.5 Å². The van der Waals surface area contributed by atoms with E-state index in [1.54, 1.807) is 48.4 Å². The van der Waals surface area contributed by atoms with Crippen molar-refractivity contribution in [3.8, 4) is 11.5 Å². The summed E-state index contributed by atoms with van der Waals surface area (Å²) in [6.07, 6.45) is 0.104. The minimum absolute atomic E-state index is 0.0699. The summed E-state index contributed by atoms with van der Waals surface area (Å²) in [6, 6.07) is 14.3. The van der Waals surface area contributed by atoms with E-state index in [1.807, 2.05) is 12.1 Å². The van der Waals surface area contributed by atoms with Crippen molar-refractivity contribution in [2.75, 3.05) is 56.2 Å². The Morgan fingerprint density at radius 1 is 1.03 bits per heavy atom. The van der Waals surface area contributed by atoms with Crippen LogP contribution < -0.4 is 20.3 Å². The molecular weight excluding hydrogens is 384 g/mol. The van der Waals surface area contributed by atoms with E-state index in [4.69, 9.17) is 10.5 Å². The highest BCUT2D eigenvalue weighted by molar-refractivity contribution is 5.95. The number of aromatic hydroxyl groups is 1. The minimum atomic E-state index is -0.441. The van der Waals surface area contributed by atoms with Crippen molar-refractivity contribution in [1.29, 1.82) is 0 Å². The molecule has 2 aromatic rings. The Labute approximate surface area is 176 Å². The third-order valence-electron chi connectivity index (χ3n) is 5.21. The Kier molecular flexibility index (Phi) is 7.13. The number of hydrogen-bond acceptors (Lipinski definition) is 6. The molecule has 1 aliphatic heterocycles. The van der Waals surface area contributed by atoms with Gasteiger partial charge in [-0.1, -0.05) is 0 Å². The van der Waals surface area contributed by atoms with Crippen molar-refractivity contribution in [1.82, 2.24) is 4.90 Å². The third-order valence-corrected chi connectivity index (χ3v) is 5.21. The molecule has 2 amide bonds. The summed E-state index contributed by atoms with van der Waals surface area (Å²) < 4.78 is 5.18. The van der Waals surface area contributed by atoms with Crippen LogP contribution in [0.1, 0.15) is 6.42 Å². The first-order chi connectivity index (χ1) is 14.5. The molecule has 0 radical (unpaired) electrons. The lowest BCUT2D eigenvalue weighted by Gasteiger charge is -2.36. The summed E-state index contributed by atoms with van der Waals surface area (Å²) in [6.45, 7) is 3.60. The quantitative estimate of drug-likeness (QED) is 0.681. The van der Waals surface area contributed by atoms with E-state index in [0.717, 1.165) is 31.9 Å². The number of piperazine rings is 1. The van der Waals surface area contributed by atoms with Gasteiger partial charge < -0.3 is 25.4 Å². The number of nitrogens with zero attached hydrogens (tertiary/aromatic N) is 3. The molecule has 1 fully saturated rings. The maximum Gasteiger partial charge on any atom is 0.241 e. The number of ether oxygens (including phenoxy) is 1. The SMILES string of the molecule is COc1ccc(N(CCC(N)=O)C(=O)CN2CCN(c3ccc(O)cc3)CC2)cc1. The van der Waals surface area contributed by atoms with Crippen molar-refractivity contribution in [2.45, 2.75) is 6.42 Å². The maximum atomic E-state index is 13.0. The van der Waals surface area contributed by atoms with Gasteiger partial charge in [-0.25, -0.2) is 0 Å². The first kappa shape index (κ1) is 21.4. The van der Waals surface area contributed by atoms with E-state index in [9.17, 15) is 14.7 Å². The van der Waals surface area contributed by atoms with Crippen LogP contribution in [-0.2, 0) is 9.59 Å². The van der Waals surface area contributed by atoms with Gasteiger partial charge in [0.2, 0.25) is 11.8 Å². The largest absolute Gasteiger partial charge is 0.508 e. The Morgan fingerprint density at radius 2 is 1.67 bits per heavy atom. The van der Waals surface area contributed by atoms with Crippen LogP contribution in [0, 0.1) is 0 Å². The molecule has 8 nitrogen and oxygen atoms in total. The summed E-state index contributed by atoms with van der Waals surface area (Å²) in [7, 11) is 1.59. The van der Waals surface area contributed by atoms with E-state index < -0.39 is 5.91 Å². The van der Waals surface area contributed by atoms with E-state index in [1.165, 1.54) is 0 Å². The van der Waals surface area contributed by atoms with Crippen LogP contribution in [0.4, 0.5) is 11.4 Å². The van der Waals surface area contributed by atoms with Gasteiger partial charge in [-0.05, 0) is 48.5 Å². The number of primary amides is 1. The van der Waals surface area contributed by atoms with Crippen LogP contribution >= 0.6 is 0 Å². The van der Waals surface area contributed by atoms with Gasteiger partial charge in [0.15, 0.2) is 0 Å². The summed E-state index contributed by atoms with van der Waals surface area (Å²) in [4.78, 5) is 30.2. The number of carbonyl (C=O) groups is 2. The standard InChI is InChI=1S/C22H28N4O4/c1-30-20-8-4-18(5-9-20)26(11-10-21(23)28)22(29)16-24-12-14-25(15-13-24)17-2-6-19(27)7-3-17/h2-9,27H,10-16H2,1H3,(H2,23,28). The maximum absolute atomic E-state index is 13.0. The predicted octanol–water partition coefficient (Wildman–Crippen LogP) is 1.43. The number of methoxy groups -OCH3 is 1. The number of rotatable bonds is 8. The summed E-state index contributed by atoms with van der Waals surface area (Å²) in [5.41, 5.74) is 7.07. The molecule has 1 aliphatic rings. The van der Waals surface area contributed by atoms with Gasteiger partial charge in [0.05, 0.1) is 13.7 Å². The van der Waals surface area contributed by atoms with Crippen LogP contribution in [0.2, 0.25) is 0 Å². The van der Waals surface area contributed by atoms with Crippen LogP contribution in [0.3, 0.4) is 0 Å². The minimum Gasteiger partial charge on any atom is -0.508 e. The average Bonchev–Trinajstić information content (AvgIpc) is 2.75. The predicted molar refractivity (Wildman–Crippen MR) is 116 cm³/mol. The Morgan fingerprint density at radius 3 is 2.23 bits per heavy atom. The van der Waals surface area contributed by atoms with Crippen molar-refractivity contribution < 1.29 is 19.4 Å². The Hall–Kier alpha value is -3.26. The molecule has 1 heterocycles. The number of anilines is 2. The molecule has 1 saturated heterocycles. The van der Waals surface area contributed by atoms with Gasteiger partial charge in [0.25, 0.3) is 0 Å². The number of nitrogens with two attached hydrogens (primary N) is 1. The molecule has 3 N–H and O–H groups in total. The molecule has 0 saturated carbocycles. The monoisotopic (exact) mass is 412 g/mol. The van der Waals surface area contributed by atoms with E-state index in [-0.39, 0.29) is 31.2 Å². The lowest BCUT2D eigenvalue weighted by atomic mass is 10.2. The second kappa shape index (κ2) is 9.98. The molecule has 0 bridgehead atoms. The van der Waals surface area contributed by atoms with E-state index in [0.29, 0.717) is 11.4 Å². The highest BCUT2D eigenvalue weighted by Gasteiger charge is 2.23. The lowest BCUT2D eigenvalue weighted by molar-refractivity contribution is -0.120. The van der Waals surface area contributed by atoms with Gasteiger partial charge in [-0.15, -0.1) is 0 Å². The fourth-order valence-corrected chi connectivity index (χ4v) is 3.49. The first-order valence-corrected chi connectivity index (χ1v) is 9.95. The lowest BCUT2D eigenvalue weighted by Crippen LogP contribution is -2.50. The summed E-state index contributed by atoms with van der Waals surface area (Å²) in [5, 5.41) is 9.44. The number of phenols is 1. The Bertz CT molecular complexity index is 846. The molecule has 3 rings (SSSR count). The first-order valence-electron chi connectivity index (χ1n) is 9.95. The molecule has 30 heavy (non-hydrogen) atoms. The number of phenolic OH excluding ortho intramolecular Hbond substituents is 1. The third kappa shape index (κ3) is 5.64. The van der Waals surface area contributed by atoms with Crippen LogP contribution in [-0.4, -0.2) is 68.2 Å². The van der Waals surface area contributed by atoms with Gasteiger partial charge >= 0.3 is 0 Å². The topological polar surface area (TPSA) is 99.3 Å². The fraction of sp³-hybridized carbons (Fsp3) is 0.364.